The first-order valence-corrected chi connectivity index (χ1v) is 16.8. The van der Waals surface area contributed by atoms with Gasteiger partial charge in [0.25, 0.3) is 0 Å². The third kappa shape index (κ3) is 7.60. The Labute approximate surface area is 229 Å². The molecule has 2 aromatic heterocycles. The third-order valence-electron chi connectivity index (χ3n) is 6.50. The van der Waals surface area contributed by atoms with Crippen molar-refractivity contribution in [3.8, 4) is 5.75 Å². The van der Waals surface area contributed by atoms with Gasteiger partial charge in [-0.2, -0.15) is 13.2 Å². The van der Waals surface area contributed by atoms with Gasteiger partial charge in [-0.15, -0.1) is 0 Å². The molecule has 4 rings (SSSR count). The van der Waals surface area contributed by atoms with Crippen LogP contribution in [0.1, 0.15) is 24.8 Å². The summed E-state index contributed by atoms with van der Waals surface area (Å²) in [6.45, 7) is 7.54. The zero-order valence-corrected chi connectivity index (χ0v) is 23.5. The highest BCUT2D eigenvalue weighted by atomic mass is 28.3. The van der Waals surface area contributed by atoms with Gasteiger partial charge in [0.2, 0.25) is 0 Å². The van der Waals surface area contributed by atoms with Crippen molar-refractivity contribution in [1.82, 2.24) is 20.2 Å². The predicted octanol–water partition coefficient (Wildman–Crippen LogP) is 6.03. The van der Waals surface area contributed by atoms with Crippen LogP contribution >= 0.6 is 0 Å². The molecular weight excluding hydrogens is 555 g/mol. The van der Waals surface area contributed by atoms with Crippen LogP contribution in [0.2, 0.25) is 25.7 Å². The molecule has 2 aliphatic rings. The Kier molecular flexibility index (Phi) is 9.20. The number of hydrogen-bond acceptors (Lipinski definition) is 5. The monoisotopic (exact) mass is 588 g/mol. The molecule has 1 fully saturated rings. The number of alkyl halides is 3. The van der Waals surface area contributed by atoms with Gasteiger partial charge in [0.1, 0.15) is 24.0 Å². The third-order valence-corrected chi connectivity index (χ3v) is 8.21. The van der Waals surface area contributed by atoms with Crippen molar-refractivity contribution in [2.45, 2.75) is 70.0 Å². The maximum absolute atomic E-state index is 15.0. The second kappa shape index (κ2) is 12.3. The maximum Gasteiger partial charge on any atom is 0.418 e. The fourth-order valence-electron chi connectivity index (χ4n) is 4.39. The number of fused-ring (bicyclic) bond motifs is 1. The van der Waals surface area contributed by atoms with Crippen molar-refractivity contribution in [3.05, 3.63) is 47.5 Å². The first-order valence-electron chi connectivity index (χ1n) is 13.0. The smallest absolute Gasteiger partial charge is 0.418 e. The van der Waals surface area contributed by atoms with E-state index >= 15 is 0 Å². The van der Waals surface area contributed by atoms with E-state index in [1.807, 2.05) is 0 Å². The normalized spacial score (nSPS) is 20.1. The minimum atomic E-state index is -4.79. The number of carbonyl (C=O) groups excluding carboxylic acids is 1. The molecule has 1 unspecified atom stereocenters. The molecule has 220 valence electrons. The quantitative estimate of drug-likeness (QED) is 0.201. The van der Waals surface area contributed by atoms with Gasteiger partial charge >= 0.3 is 12.2 Å². The predicted molar refractivity (Wildman–Crippen MR) is 141 cm³/mol. The van der Waals surface area contributed by atoms with Crippen LogP contribution in [0.4, 0.5) is 26.7 Å². The van der Waals surface area contributed by atoms with Gasteiger partial charge in [0, 0.05) is 46.6 Å². The van der Waals surface area contributed by atoms with E-state index < -0.39 is 66.9 Å². The van der Waals surface area contributed by atoms with Crippen LogP contribution in [-0.2, 0) is 22.4 Å². The zero-order valence-electron chi connectivity index (χ0n) is 22.5. The fourth-order valence-corrected chi connectivity index (χ4v) is 5.15. The summed E-state index contributed by atoms with van der Waals surface area (Å²) >= 11 is 0. The molecule has 2 N–H and O–H groups in total. The minimum Gasteiger partial charge on any atom is -0.451 e. The number of pyridine rings is 1. The molecule has 0 bridgehead atoms. The number of rotatable bonds is 10. The molecule has 2 amide bonds. The van der Waals surface area contributed by atoms with E-state index in [-0.39, 0.29) is 25.0 Å². The molecule has 1 aliphatic carbocycles. The Bertz CT molecular complexity index is 1280. The largest absolute Gasteiger partial charge is 0.451 e. The van der Waals surface area contributed by atoms with Crippen molar-refractivity contribution in [3.63, 3.8) is 0 Å². The van der Waals surface area contributed by atoms with Crippen LogP contribution in [0, 0.1) is 0 Å². The van der Waals surface area contributed by atoms with E-state index in [0.29, 0.717) is 13.2 Å². The van der Waals surface area contributed by atoms with Crippen LogP contribution in [-0.4, -0.2) is 55.6 Å². The molecule has 0 saturated carbocycles. The molecule has 14 heteroatoms. The van der Waals surface area contributed by atoms with Crippen molar-refractivity contribution in [1.29, 1.82) is 0 Å². The SMILES string of the molecule is C[Si](C)(C)CCOCn1cc(C(F)(F)F)c2c(OC3=C(F)CC(NC(=O)NC[C@H]4CCCO4)C=C3F)ccnc21. The minimum absolute atomic E-state index is 0.0958. The Morgan fingerprint density at radius 1 is 1.27 bits per heavy atom. The van der Waals surface area contributed by atoms with Crippen molar-refractivity contribution < 1.29 is 41.0 Å². The number of nitrogens with zero attached hydrogens (tertiary/aromatic N) is 2. The summed E-state index contributed by atoms with van der Waals surface area (Å²) in [7, 11) is -1.41. The van der Waals surface area contributed by atoms with E-state index in [0.717, 1.165) is 37.2 Å². The van der Waals surface area contributed by atoms with E-state index in [9.17, 15) is 26.7 Å². The average Bonchev–Trinajstić information content (AvgIpc) is 3.51. The summed E-state index contributed by atoms with van der Waals surface area (Å²) in [4.78, 5) is 16.2. The van der Waals surface area contributed by atoms with E-state index in [1.165, 1.54) is 10.8 Å². The number of hydrogen-bond donors (Lipinski definition) is 2. The van der Waals surface area contributed by atoms with E-state index in [2.05, 4.69) is 35.3 Å². The molecule has 0 radical (unpaired) electrons. The standard InChI is InChI=1S/C26H33F5N4O4Si/c1-40(2,3)10-9-37-15-35-14-18(26(29,30)31)22-21(6-7-32-24(22)35)39-23-19(27)11-16(12-20(23)28)34-25(36)33-13-17-5-4-8-38-17/h6-7,11,14,16-17H,4-5,8-10,12-13,15H2,1-3H3,(H2,33,34,36)/t16?,17-/m1/s1. The number of urea groups is 1. The van der Waals surface area contributed by atoms with Crippen LogP contribution in [0.25, 0.3) is 11.0 Å². The average molecular weight is 589 g/mol. The molecule has 2 aromatic rings. The van der Waals surface area contributed by atoms with Crippen LogP contribution in [0.15, 0.2) is 41.9 Å². The summed E-state index contributed by atoms with van der Waals surface area (Å²) in [5.74, 6) is -3.47. The number of ether oxygens (including phenoxy) is 3. The van der Waals surface area contributed by atoms with Gasteiger partial charge in [-0.25, -0.2) is 18.6 Å². The molecular formula is C26H33F5N4O4Si. The van der Waals surface area contributed by atoms with Crippen LogP contribution < -0.4 is 15.4 Å². The summed E-state index contributed by atoms with van der Waals surface area (Å²) in [6, 6.07) is 0.297. The fraction of sp³-hybridized carbons (Fsp3) is 0.538. The van der Waals surface area contributed by atoms with Crippen molar-refractivity contribution >= 4 is 25.1 Å². The number of nitrogens with one attached hydrogen (secondary N) is 2. The highest BCUT2D eigenvalue weighted by Crippen LogP contribution is 2.41. The number of halogens is 5. The molecule has 8 nitrogen and oxygen atoms in total. The number of carbonyl (C=O) groups is 1. The van der Waals surface area contributed by atoms with E-state index in [4.69, 9.17) is 14.2 Å². The molecule has 1 aliphatic heterocycles. The lowest BCUT2D eigenvalue weighted by Crippen LogP contribution is -2.44. The first kappa shape index (κ1) is 30.0. The highest BCUT2D eigenvalue weighted by Gasteiger charge is 2.37. The number of amides is 2. The van der Waals surface area contributed by atoms with Gasteiger partial charge < -0.3 is 29.4 Å². The lowest BCUT2D eigenvalue weighted by molar-refractivity contribution is -0.136. The lowest BCUT2D eigenvalue weighted by Gasteiger charge is -2.22. The molecule has 2 atom stereocenters. The van der Waals surface area contributed by atoms with Gasteiger partial charge in [0.15, 0.2) is 11.6 Å². The summed E-state index contributed by atoms with van der Waals surface area (Å²) in [6.07, 6.45) is -0.631. The lowest BCUT2D eigenvalue weighted by atomic mass is 10.1. The maximum atomic E-state index is 15.0. The zero-order chi connectivity index (χ0) is 29.1. The van der Waals surface area contributed by atoms with Crippen LogP contribution in [0.5, 0.6) is 5.75 Å². The second-order valence-electron chi connectivity index (χ2n) is 11.0. The Balaban J connectivity index is 1.49. The molecule has 3 heterocycles. The van der Waals surface area contributed by atoms with Crippen LogP contribution in [0.3, 0.4) is 0 Å². The van der Waals surface area contributed by atoms with Crippen molar-refractivity contribution in [2.24, 2.45) is 0 Å². The van der Waals surface area contributed by atoms with Gasteiger partial charge in [0.05, 0.1) is 23.1 Å². The summed E-state index contributed by atoms with van der Waals surface area (Å²) < 4.78 is 89.4. The van der Waals surface area contributed by atoms with Gasteiger partial charge in [-0.1, -0.05) is 19.6 Å². The summed E-state index contributed by atoms with van der Waals surface area (Å²) in [5.41, 5.74) is -1.16. The van der Waals surface area contributed by atoms with Crippen molar-refractivity contribution in [2.75, 3.05) is 19.8 Å². The molecule has 0 aromatic carbocycles. The Hall–Kier alpha value is -2.97. The molecule has 0 spiro atoms. The first-order chi connectivity index (χ1) is 18.8. The summed E-state index contributed by atoms with van der Waals surface area (Å²) in [5, 5.41) is 4.62. The van der Waals surface area contributed by atoms with Gasteiger partial charge in [-0.3, -0.25) is 0 Å². The number of aromatic nitrogens is 2. The van der Waals surface area contributed by atoms with Gasteiger partial charge in [-0.05, 0) is 31.0 Å². The highest BCUT2D eigenvalue weighted by molar-refractivity contribution is 6.76. The topological polar surface area (TPSA) is 86.6 Å². The second-order valence-corrected chi connectivity index (χ2v) is 16.6. The Morgan fingerprint density at radius 2 is 2.05 bits per heavy atom. The number of allylic oxidation sites excluding steroid dienone is 1. The Morgan fingerprint density at radius 3 is 2.70 bits per heavy atom. The van der Waals surface area contributed by atoms with E-state index in [1.54, 1.807) is 0 Å². The molecule has 1 saturated heterocycles. The molecule has 40 heavy (non-hydrogen) atoms.